The van der Waals surface area contributed by atoms with E-state index in [-0.39, 0.29) is 17.9 Å². The van der Waals surface area contributed by atoms with Crippen molar-refractivity contribution in [3.63, 3.8) is 0 Å². The van der Waals surface area contributed by atoms with E-state index < -0.39 is 0 Å². The minimum atomic E-state index is -0.0784. The Labute approximate surface area is 262 Å². The summed E-state index contributed by atoms with van der Waals surface area (Å²) in [5, 5.41) is 7.70. The molecule has 0 radical (unpaired) electrons. The highest BCUT2D eigenvalue weighted by Gasteiger charge is 2.39. The molecule has 7 aromatic rings. The van der Waals surface area contributed by atoms with Crippen LogP contribution >= 0.6 is 0 Å². The topological polar surface area (TPSA) is 20.3 Å². The van der Waals surface area contributed by atoms with Crippen LogP contribution in [0.15, 0.2) is 164 Å². The van der Waals surface area contributed by atoms with Crippen LogP contribution < -0.4 is 4.90 Å². The van der Waals surface area contributed by atoms with Crippen LogP contribution in [0.25, 0.3) is 49.0 Å². The number of benzene rings is 7. The van der Waals surface area contributed by atoms with Crippen LogP contribution in [-0.2, 0) is 0 Å². The van der Waals surface area contributed by atoms with Crippen molar-refractivity contribution in [2.75, 3.05) is 4.90 Å². The van der Waals surface area contributed by atoms with Crippen LogP contribution in [-0.4, -0.2) is 11.9 Å². The summed E-state index contributed by atoms with van der Waals surface area (Å²) in [6.45, 7) is 0. The van der Waals surface area contributed by atoms with Crippen molar-refractivity contribution in [1.29, 1.82) is 0 Å². The first-order valence-corrected chi connectivity index (χ1v) is 15.6. The van der Waals surface area contributed by atoms with Gasteiger partial charge in [0.25, 0.3) is 5.91 Å². The molecule has 0 fully saturated rings. The summed E-state index contributed by atoms with van der Waals surface area (Å²) < 4.78 is 0. The molecule has 212 valence electrons. The van der Waals surface area contributed by atoms with Crippen molar-refractivity contribution in [1.82, 2.24) is 0 Å². The third kappa shape index (κ3) is 4.07. The number of amides is 1. The number of para-hydroxylation sites is 1. The average molecular weight is 576 g/mol. The largest absolute Gasteiger partial charge is 0.301 e. The van der Waals surface area contributed by atoms with E-state index in [4.69, 9.17) is 0 Å². The lowest BCUT2D eigenvalue weighted by atomic mass is 9.78. The molecule has 0 saturated heterocycles. The van der Waals surface area contributed by atoms with Crippen LogP contribution in [0.4, 0.5) is 5.69 Å². The lowest BCUT2D eigenvalue weighted by Gasteiger charge is -2.41. The first-order valence-electron chi connectivity index (χ1n) is 15.6. The Kier molecular flexibility index (Phi) is 5.82. The summed E-state index contributed by atoms with van der Waals surface area (Å²) in [5.74, 6) is 0.112. The van der Waals surface area contributed by atoms with Gasteiger partial charge in [0.05, 0.1) is 6.04 Å². The van der Waals surface area contributed by atoms with Gasteiger partial charge in [-0.3, -0.25) is 4.79 Å². The molecule has 1 heterocycles. The fourth-order valence-corrected chi connectivity index (χ4v) is 7.47. The first-order chi connectivity index (χ1) is 22.2. The SMILES string of the molecule is O=C1c2ccccc2C2C=C(c3cccc(-c4ccc5c6ccccc6c6ccccc6c5c4)c3)C=CC2N1c1ccccc1. The smallest absolute Gasteiger partial charge is 0.259 e. The number of hydrogen-bond donors (Lipinski definition) is 0. The van der Waals surface area contributed by atoms with Gasteiger partial charge in [0.15, 0.2) is 0 Å². The Morgan fingerprint density at radius 3 is 1.84 bits per heavy atom. The van der Waals surface area contributed by atoms with E-state index in [1.807, 2.05) is 53.4 Å². The molecular formula is C43H29NO. The molecule has 2 unspecified atom stereocenters. The lowest BCUT2D eigenvalue weighted by molar-refractivity contribution is 0.0970. The number of allylic oxidation sites excluding steroid dienone is 2. The predicted octanol–water partition coefficient (Wildman–Crippen LogP) is 10.6. The maximum Gasteiger partial charge on any atom is 0.259 e. The molecule has 0 N–H and O–H groups in total. The normalized spacial score (nSPS) is 17.4. The van der Waals surface area contributed by atoms with Gasteiger partial charge < -0.3 is 4.90 Å². The molecule has 2 heteroatoms. The van der Waals surface area contributed by atoms with E-state index in [2.05, 4.69) is 115 Å². The molecule has 1 aliphatic carbocycles. The van der Waals surface area contributed by atoms with E-state index in [0.29, 0.717) is 0 Å². The Morgan fingerprint density at radius 1 is 0.489 bits per heavy atom. The van der Waals surface area contributed by atoms with Crippen LogP contribution in [0, 0.1) is 0 Å². The zero-order valence-corrected chi connectivity index (χ0v) is 24.6. The zero-order valence-electron chi connectivity index (χ0n) is 24.6. The molecular weight excluding hydrogens is 546 g/mol. The van der Waals surface area contributed by atoms with E-state index in [1.54, 1.807) is 0 Å². The monoisotopic (exact) mass is 575 g/mol. The molecule has 7 aromatic carbocycles. The van der Waals surface area contributed by atoms with Crippen LogP contribution in [0.5, 0.6) is 0 Å². The van der Waals surface area contributed by atoms with Crippen LogP contribution in [0.1, 0.15) is 27.4 Å². The highest BCUT2D eigenvalue weighted by Crippen LogP contribution is 2.43. The van der Waals surface area contributed by atoms with E-state index in [9.17, 15) is 4.79 Å². The second kappa shape index (κ2) is 10.2. The van der Waals surface area contributed by atoms with E-state index in [1.165, 1.54) is 54.6 Å². The molecule has 0 spiro atoms. The quantitative estimate of drug-likeness (QED) is 0.192. The number of nitrogens with zero attached hydrogens (tertiary/aromatic N) is 1. The third-order valence-corrected chi connectivity index (χ3v) is 9.58. The minimum absolute atomic E-state index is 0.0538. The summed E-state index contributed by atoms with van der Waals surface area (Å²) >= 11 is 0. The molecule has 1 amide bonds. The third-order valence-electron chi connectivity index (χ3n) is 9.58. The standard InChI is InChI=1S/C43H29NO/c45-43-39-20-9-8-19-37(39)41-27-31(22-24-42(41)44(43)32-13-2-1-3-14-32)29-12-10-11-28(25-29)30-21-23-38-35-17-5-4-15-33(35)34-16-6-7-18-36(34)40(38)26-30/h1-27,41-42H. The van der Waals surface area contributed by atoms with Crippen molar-refractivity contribution < 1.29 is 4.79 Å². The molecule has 0 saturated carbocycles. The van der Waals surface area contributed by atoms with Gasteiger partial charge in [0.2, 0.25) is 0 Å². The predicted molar refractivity (Wildman–Crippen MR) is 188 cm³/mol. The fourth-order valence-electron chi connectivity index (χ4n) is 7.47. The van der Waals surface area contributed by atoms with Gasteiger partial charge in [-0.1, -0.05) is 133 Å². The Bertz CT molecular complexity index is 2330. The molecule has 2 aliphatic rings. The second-order valence-electron chi connectivity index (χ2n) is 12.0. The molecule has 2 nitrogen and oxygen atoms in total. The Balaban J connectivity index is 1.15. The molecule has 1 aliphatic heterocycles. The molecule has 45 heavy (non-hydrogen) atoms. The highest BCUT2D eigenvalue weighted by atomic mass is 16.2. The number of carbonyl (C=O) groups is 1. The minimum Gasteiger partial charge on any atom is -0.301 e. The van der Waals surface area contributed by atoms with Crippen molar-refractivity contribution in [3.8, 4) is 11.1 Å². The van der Waals surface area contributed by atoms with Crippen molar-refractivity contribution >= 4 is 49.5 Å². The van der Waals surface area contributed by atoms with Crippen molar-refractivity contribution in [2.45, 2.75) is 12.0 Å². The maximum absolute atomic E-state index is 13.7. The van der Waals surface area contributed by atoms with Crippen molar-refractivity contribution in [2.24, 2.45) is 0 Å². The Hall–Kier alpha value is -5.73. The summed E-state index contributed by atoms with van der Waals surface area (Å²) in [6, 6.07) is 51.2. The number of rotatable bonds is 3. The zero-order chi connectivity index (χ0) is 29.9. The molecule has 9 rings (SSSR count). The number of anilines is 1. The van der Waals surface area contributed by atoms with Gasteiger partial charge in [-0.05, 0) is 90.5 Å². The van der Waals surface area contributed by atoms with Gasteiger partial charge in [0.1, 0.15) is 0 Å². The first kappa shape index (κ1) is 25.7. The average Bonchev–Trinajstić information content (AvgIpc) is 3.12. The summed E-state index contributed by atoms with van der Waals surface area (Å²) in [7, 11) is 0. The van der Waals surface area contributed by atoms with Gasteiger partial charge in [0, 0.05) is 17.2 Å². The van der Waals surface area contributed by atoms with Crippen LogP contribution in [0.3, 0.4) is 0 Å². The fraction of sp³-hybridized carbons (Fsp3) is 0.0465. The second-order valence-corrected chi connectivity index (χ2v) is 12.0. The van der Waals surface area contributed by atoms with Gasteiger partial charge >= 0.3 is 0 Å². The molecule has 0 aromatic heterocycles. The number of fused-ring (bicyclic) bond motifs is 9. The highest BCUT2D eigenvalue weighted by molar-refractivity contribution is 6.25. The Morgan fingerprint density at radius 2 is 1.09 bits per heavy atom. The lowest BCUT2D eigenvalue weighted by Crippen LogP contribution is -2.47. The van der Waals surface area contributed by atoms with Crippen molar-refractivity contribution in [3.05, 3.63) is 181 Å². The molecule has 0 bridgehead atoms. The maximum atomic E-state index is 13.7. The van der Waals surface area contributed by atoms with Gasteiger partial charge in [-0.15, -0.1) is 0 Å². The molecule has 2 atom stereocenters. The summed E-state index contributed by atoms with van der Waals surface area (Å²) in [4.78, 5) is 15.7. The summed E-state index contributed by atoms with van der Waals surface area (Å²) in [5.41, 5.74) is 7.52. The van der Waals surface area contributed by atoms with E-state index >= 15 is 0 Å². The van der Waals surface area contributed by atoms with Gasteiger partial charge in [-0.2, -0.15) is 0 Å². The van der Waals surface area contributed by atoms with Crippen LogP contribution in [0.2, 0.25) is 0 Å². The number of carbonyl (C=O) groups excluding carboxylic acids is 1. The number of hydrogen-bond acceptors (Lipinski definition) is 1. The van der Waals surface area contributed by atoms with E-state index in [0.717, 1.165) is 16.8 Å². The van der Waals surface area contributed by atoms with Gasteiger partial charge in [-0.25, -0.2) is 0 Å². The summed E-state index contributed by atoms with van der Waals surface area (Å²) in [6.07, 6.45) is 6.75.